The molecular formula is C19H21NO4S. The fraction of sp³-hybridized carbons (Fsp3) is 0.316. The Labute approximate surface area is 148 Å². The highest BCUT2D eigenvalue weighted by Crippen LogP contribution is 2.35. The number of hydrogen-bond acceptors (Lipinski definition) is 3. The van der Waals surface area contributed by atoms with Gasteiger partial charge in [-0.25, -0.2) is 8.42 Å². The predicted molar refractivity (Wildman–Crippen MR) is 96.3 cm³/mol. The Morgan fingerprint density at radius 1 is 1.16 bits per heavy atom. The lowest BCUT2D eigenvalue weighted by atomic mass is 9.99. The Bertz CT molecular complexity index is 875. The monoisotopic (exact) mass is 359 g/mol. The minimum atomic E-state index is -3.66. The third-order valence-corrected chi connectivity index (χ3v) is 6.51. The van der Waals surface area contributed by atoms with Gasteiger partial charge in [0.2, 0.25) is 0 Å². The number of sulfonamides is 1. The molecule has 0 fully saturated rings. The zero-order valence-corrected chi connectivity index (χ0v) is 14.9. The maximum Gasteiger partial charge on any atom is 0.303 e. The van der Waals surface area contributed by atoms with Gasteiger partial charge >= 0.3 is 5.97 Å². The number of nitrogens with zero attached hydrogens (tertiary/aromatic N) is 1. The van der Waals surface area contributed by atoms with E-state index in [-0.39, 0.29) is 17.4 Å². The van der Waals surface area contributed by atoms with Crippen molar-refractivity contribution in [3.8, 4) is 0 Å². The molecule has 2 aromatic carbocycles. The maximum atomic E-state index is 13.2. The molecule has 132 valence electrons. The highest BCUT2D eigenvalue weighted by molar-refractivity contribution is 7.92. The summed E-state index contributed by atoms with van der Waals surface area (Å²) in [6.07, 6.45) is 2.08. The van der Waals surface area contributed by atoms with E-state index in [1.807, 2.05) is 31.2 Å². The first-order valence-electron chi connectivity index (χ1n) is 8.32. The Hall–Kier alpha value is -2.34. The number of fused-ring (bicyclic) bond motifs is 1. The van der Waals surface area contributed by atoms with Gasteiger partial charge in [-0.1, -0.05) is 30.3 Å². The number of carbonyl (C=O) groups is 1. The van der Waals surface area contributed by atoms with Crippen LogP contribution in [0.5, 0.6) is 0 Å². The molecule has 1 heterocycles. The molecule has 1 N–H and O–H groups in total. The summed E-state index contributed by atoms with van der Waals surface area (Å²) in [4.78, 5) is 10.9. The molecule has 0 spiro atoms. The number of rotatable bonds is 5. The smallest absolute Gasteiger partial charge is 0.303 e. The van der Waals surface area contributed by atoms with Gasteiger partial charge in [-0.2, -0.15) is 0 Å². The average molecular weight is 359 g/mol. The largest absolute Gasteiger partial charge is 0.481 e. The van der Waals surface area contributed by atoms with E-state index >= 15 is 0 Å². The zero-order valence-electron chi connectivity index (χ0n) is 14.1. The van der Waals surface area contributed by atoms with Crippen molar-refractivity contribution in [1.29, 1.82) is 0 Å². The first-order chi connectivity index (χ1) is 11.9. The van der Waals surface area contributed by atoms with Gasteiger partial charge in [-0.05, 0) is 55.5 Å². The van der Waals surface area contributed by atoms with Crippen molar-refractivity contribution in [1.82, 2.24) is 0 Å². The Kier molecular flexibility index (Phi) is 4.81. The van der Waals surface area contributed by atoms with Gasteiger partial charge < -0.3 is 5.11 Å². The van der Waals surface area contributed by atoms with Crippen LogP contribution in [-0.2, 0) is 27.7 Å². The van der Waals surface area contributed by atoms with Crippen LogP contribution in [0.15, 0.2) is 53.4 Å². The normalized spacial score (nSPS) is 17.2. The number of para-hydroxylation sites is 1. The molecule has 0 amide bonds. The van der Waals surface area contributed by atoms with Crippen molar-refractivity contribution >= 4 is 21.7 Å². The minimum absolute atomic E-state index is 0.0304. The van der Waals surface area contributed by atoms with Gasteiger partial charge in [0.1, 0.15) is 0 Å². The molecule has 0 radical (unpaired) electrons. The summed E-state index contributed by atoms with van der Waals surface area (Å²) in [6, 6.07) is 14.0. The van der Waals surface area contributed by atoms with Crippen molar-refractivity contribution in [3.05, 3.63) is 59.7 Å². The summed E-state index contributed by atoms with van der Waals surface area (Å²) in [7, 11) is -3.66. The second-order valence-electron chi connectivity index (χ2n) is 6.35. The maximum absolute atomic E-state index is 13.2. The molecule has 6 heteroatoms. The summed E-state index contributed by atoms with van der Waals surface area (Å²) < 4.78 is 27.9. The van der Waals surface area contributed by atoms with E-state index in [1.54, 1.807) is 24.3 Å². The second kappa shape index (κ2) is 6.88. The molecule has 5 nitrogen and oxygen atoms in total. The molecule has 0 aliphatic carbocycles. The summed E-state index contributed by atoms with van der Waals surface area (Å²) >= 11 is 0. The molecule has 0 saturated heterocycles. The number of carboxylic acids is 1. The molecule has 2 aromatic rings. The van der Waals surface area contributed by atoms with Crippen LogP contribution in [0.4, 0.5) is 5.69 Å². The van der Waals surface area contributed by atoms with E-state index in [0.29, 0.717) is 6.42 Å². The van der Waals surface area contributed by atoms with E-state index in [0.717, 1.165) is 29.7 Å². The summed E-state index contributed by atoms with van der Waals surface area (Å²) in [5.41, 5.74) is 2.60. The lowest BCUT2D eigenvalue weighted by Crippen LogP contribution is -2.42. The van der Waals surface area contributed by atoms with Crippen LogP contribution in [0.3, 0.4) is 0 Å². The van der Waals surface area contributed by atoms with Crippen molar-refractivity contribution in [3.63, 3.8) is 0 Å². The highest BCUT2D eigenvalue weighted by Gasteiger charge is 2.33. The molecule has 1 unspecified atom stereocenters. The summed E-state index contributed by atoms with van der Waals surface area (Å²) in [6.45, 7) is 1.93. The van der Waals surface area contributed by atoms with Crippen molar-refractivity contribution in [2.45, 2.75) is 43.5 Å². The molecule has 0 saturated carbocycles. The van der Waals surface area contributed by atoms with Gasteiger partial charge in [-0.15, -0.1) is 0 Å². The topological polar surface area (TPSA) is 74.7 Å². The molecule has 3 rings (SSSR count). The van der Waals surface area contributed by atoms with Crippen LogP contribution in [-0.4, -0.2) is 25.5 Å². The van der Waals surface area contributed by atoms with Crippen LogP contribution in [0, 0.1) is 0 Å². The molecule has 1 aliphatic heterocycles. The van der Waals surface area contributed by atoms with E-state index < -0.39 is 16.0 Å². The number of anilines is 1. The molecule has 0 bridgehead atoms. The quantitative estimate of drug-likeness (QED) is 0.889. The lowest BCUT2D eigenvalue weighted by molar-refractivity contribution is -0.136. The number of aryl methyl sites for hydroxylation is 2. The summed E-state index contributed by atoms with van der Waals surface area (Å²) in [5.74, 6) is -0.865. The SMILES string of the molecule is CC1CCc2ccccc2N1S(=O)(=O)c1ccc(CCC(=O)O)cc1. The van der Waals surface area contributed by atoms with Crippen molar-refractivity contribution < 1.29 is 18.3 Å². The number of carboxylic acid groups (broad SMARTS) is 1. The number of benzene rings is 2. The summed E-state index contributed by atoms with van der Waals surface area (Å²) in [5, 5.41) is 8.75. The highest BCUT2D eigenvalue weighted by atomic mass is 32.2. The Balaban J connectivity index is 1.92. The van der Waals surface area contributed by atoms with Gasteiger partial charge in [0.15, 0.2) is 0 Å². The van der Waals surface area contributed by atoms with Crippen LogP contribution >= 0.6 is 0 Å². The molecular weight excluding hydrogens is 338 g/mol. The molecule has 1 atom stereocenters. The fourth-order valence-electron chi connectivity index (χ4n) is 3.22. The minimum Gasteiger partial charge on any atom is -0.481 e. The van der Waals surface area contributed by atoms with Crippen LogP contribution in [0.1, 0.15) is 30.9 Å². The van der Waals surface area contributed by atoms with Crippen LogP contribution in [0.25, 0.3) is 0 Å². The second-order valence-corrected chi connectivity index (χ2v) is 8.17. The number of aliphatic carboxylic acids is 1. The zero-order chi connectivity index (χ0) is 18.0. The van der Waals surface area contributed by atoms with E-state index in [9.17, 15) is 13.2 Å². The van der Waals surface area contributed by atoms with Gasteiger partial charge in [0, 0.05) is 12.5 Å². The average Bonchev–Trinajstić information content (AvgIpc) is 2.60. The Morgan fingerprint density at radius 2 is 1.84 bits per heavy atom. The predicted octanol–water partition coefficient (Wildman–Crippen LogP) is 3.23. The lowest BCUT2D eigenvalue weighted by Gasteiger charge is -2.36. The Morgan fingerprint density at radius 3 is 2.52 bits per heavy atom. The van der Waals surface area contributed by atoms with Crippen LogP contribution < -0.4 is 4.31 Å². The van der Waals surface area contributed by atoms with E-state index in [2.05, 4.69) is 0 Å². The third-order valence-electron chi connectivity index (χ3n) is 4.57. The van der Waals surface area contributed by atoms with Gasteiger partial charge in [-0.3, -0.25) is 9.10 Å². The molecule has 0 aromatic heterocycles. The number of hydrogen-bond donors (Lipinski definition) is 1. The first-order valence-corrected chi connectivity index (χ1v) is 9.76. The van der Waals surface area contributed by atoms with Crippen LogP contribution in [0.2, 0.25) is 0 Å². The van der Waals surface area contributed by atoms with Gasteiger partial charge in [0.25, 0.3) is 10.0 Å². The van der Waals surface area contributed by atoms with Crippen molar-refractivity contribution in [2.24, 2.45) is 0 Å². The third kappa shape index (κ3) is 3.54. The molecule has 25 heavy (non-hydrogen) atoms. The molecule has 1 aliphatic rings. The van der Waals surface area contributed by atoms with E-state index in [4.69, 9.17) is 5.11 Å². The van der Waals surface area contributed by atoms with Crippen molar-refractivity contribution in [2.75, 3.05) is 4.31 Å². The van der Waals surface area contributed by atoms with Gasteiger partial charge in [0.05, 0.1) is 10.6 Å². The standard InChI is InChI=1S/C19H21NO4S/c1-14-6-10-16-4-2-3-5-18(16)20(14)25(23,24)17-11-7-15(8-12-17)9-13-19(21)22/h2-5,7-8,11-12,14H,6,9-10,13H2,1H3,(H,21,22). The fourth-order valence-corrected chi connectivity index (χ4v) is 4.94. The van der Waals surface area contributed by atoms with E-state index in [1.165, 1.54) is 4.31 Å². The first kappa shape index (κ1) is 17.5.